The van der Waals surface area contributed by atoms with Crippen molar-refractivity contribution in [2.24, 2.45) is 0 Å². The smallest absolute Gasteiger partial charge is 0.238 e. The van der Waals surface area contributed by atoms with Crippen LogP contribution in [0.3, 0.4) is 0 Å². The van der Waals surface area contributed by atoms with Gasteiger partial charge in [0.25, 0.3) is 0 Å². The van der Waals surface area contributed by atoms with Crippen molar-refractivity contribution < 1.29 is 9.53 Å². The molecule has 0 aliphatic heterocycles. The molecular weight excluding hydrogens is 284 g/mol. The number of anilines is 1. The number of hydrogen-bond acceptors (Lipinski definition) is 3. The molecule has 0 saturated heterocycles. The minimum atomic E-state index is -0.0693. The lowest BCUT2D eigenvalue weighted by atomic mass is 10.3. The van der Waals surface area contributed by atoms with Crippen LogP contribution < -0.4 is 10.6 Å². The van der Waals surface area contributed by atoms with Crippen molar-refractivity contribution in [2.75, 3.05) is 25.5 Å². The zero-order chi connectivity index (χ0) is 12.7. The number of nitrogens with one attached hydrogen (secondary N) is 2. The number of para-hydroxylation sites is 1. The minimum absolute atomic E-state index is 0.0693. The van der Waals surface area contributed by atoms with Gasteiger partial charge < -0.3 is 15.4 Å². The summed E-state index contributed by atoms with van der Waals surface area (Å²) in [7, 11) is 1.65. The third-order valence-electron chi connectivity index (χ3n) is 2.27. The van der Waals surface area contributed by atoms with Crippen LogP contribution in [0.5, 0.6) is 0 Å². The summed E-state index contributed by atoms with van der Waals surface area (Å²) in [5.74, 6) is -0.0693. The van der Waals surface area contributed by atoms with E-state index < -0.39 is 0 Å². The van der Waals surface area contributed by atoms with Crippen LogP contribution in [0.1, 0.15) is 6.92 Å². The fourth-order valence-corrected chi connectivity index (χ4v) is 1.61. The molecule has 1 rings (SSSR count). The lowest BCUT2D eigenvalue weighted by Crippen LogP contribution is -2.33. The lowest BCUT2D eigenvalue weighted by Gasteiger charge is -2.11. The van der Waals surface area contributed by atoms with E-state index in [0.29, 0.717) is 6.54 Å². The predicted octanol–water partition coefficient (Wildman–Crippen LogP) is 2.01. The van der Waals surface area contributed by atoms with Gasteiger partial charge in [-0.2, -0.15) is 0 Å². The highest BCUT2D eigenvalue weighted by molar-refractivity contribution is 9.10. The van der Waals surface area contributed by atoms with Crippen molar-refractivity contribution in [3.63, 3.8) is 0 Å². The van der Waals surface area contributed by atoms with E-state index in [2.05, 4.69) is 26.6 Å². The van der Waals surface area contributed by atoms with Crippen LogP contribution in [0.25, 0.3) is 0 Å². The fourth-order valence-electron chi connectivity index (χ4n) is 1.23. The fraction of sp³-hybridized carbons (Fsp3) is 0.417. The minimum Gasteiger partial charge on any atom is -0.380 e. The second-order valence-corrected chi connectivity index (χ2v) is 4.56. The van der Waals surface area contributed by atoms with E-state index >= 15 is 0 Å². The first-order valence-electron chi connectivity index (χ1n) is 5.41. The number of hydrogen-bond donors (Lipinski definition) is 2. The van der Waals surface area contributed by atoms with E-state index in [-0.39, 0.29) is 18.6 Å². The van der Waals surface area contributed by atoms with Crippen molar-refractivity contribution in [1.82, 2.24) is 5.32 Å². The number of methoxy groups -OCH3 is 1. The van der Waals surface area contributed by atoms with Crippen LogP contribution in [0.15, 0.2) is 28.7 Å². The van der Waals surface area contributed by atoms with Gasteiger partial charge in [0.05, 0.1) is 18.3 Å². The molecule has 17 heavy (non-hydrogen) atoms. The maximum Gasteiger partial charge on any atom is 0.238 e. The number of amides is 1. The van der Waals surface area contributed by atoms with Crippen LogP contribution in [-0.4, -0.2) is 32.2 Å². The molecule has 0 aromatic heterocycles. The molecule has 1 atom stereocenters. The first-order valence-corrected chi connectivity index (χ1v) is 6.20. The standard InChI is InChI=1S/C12H17BrN2O2/c1-9(17-2)7-14-8-12(16)15-11-6-4-3-5-10(11)13/h3-6,9,14H,7-8H2,1-2H3,(H,15,16). The number of carbonyl (C=O) groups excluding carboxylic acids is 1. The summed E-state index contributed by atoms with van der Waals surface area (Å²) in [6.45, 7) is 2.87. The summed E-state index contributed by atoms with van der Waals surface area (Å²) in [4.78, 5) is 11.6. The maximum atomic E-state index is 11.6. The summed E-state index contributed by atoms with van der Waals surface area (Å²) in [6.07, 6.45) is 0.103. The molecular formula is C12H17BrN2O2. The van der Waals surface area contributed by atoms with Crippen LogP contribution in [0, 0.1) is 0 Å². The highest BCUT2D eigenvalue weighted by atomic mass is 79.9. The van der Waals surface area contributed by atoms with Crippen molar-refractivity contribution in [2.45, 2.75) is 13.0 Å². The summed E-state index contributed by atoms with van der Waals surface area (Å²) in [5, 5.41) is 5.84. The topological polar surface area (TPSA) is 50.4 Å². The van der Waals surface area contributed by atoms with Crippen molar-refractivity contribution in [3.8, 4) is 0 Å². The lowest BCUT2D eigenvalue weighted by molar-refractivity contribution is -0.115. The average Bonchev–Trinajstić information content (AvgIpc) is 2.32. The van der Waals surface area contributed by atoms with Crippen molar-refractivity contribution in [3.05, 3.63) is 28.7 Å². The molecule has 2 N–H and O–H groups in total. The Labute approximate surface area is 110 Å². The molecule has 1 unspecified atom stereocenters. The van der Waals surface area contributed by atoms with Crippen LogP contribution >= 0.6 is 15.9 Å². The molecule has 0 aliphatic rings. The van der Waals surface area contributed by atoms with E-state index in [1.54, 1.807) is 7.11 Å². The number of benzene rings is 1. The SMILES string of the molecule is COC(C)CNCC(=O)Nc1ccccc1Br. The van der Waals surface area contributed by atoms with Gasteiger partial charge in [-0.05, 0) is 35.0 Å². The average molecular weight is 301 g/mol. The summed E-state index contributed by atoms with van der Waals surface area (Å²) in [6, 6.07) is 7.51. The molecule has 0 bridgehead atoms. The zero-order valence-corrected chi connectivity index (χ0v) is 11.6. The second-order valence-electron chi connectivity index (χ2n) is 3.71. The third kappa shape index (κ3) is 5.30. The van der Waals surface area contributed by atoms with Gasteiger partial charge in [-0.15, -0.1) is 0 Å². The molecule has 94 valence electrons. The molecule has 1 amide bonds. The summed E-state index contributed by atoms with van der Waals surface area (Å²) in [5.41, 5.74) is 0.777. The van der Waals surface area contributed by atoms with Crippen LogP contribution in [-0.2, 0) is 9.53 Å². The zero-order valence-electron chi connectivity index (χ0n) is 10.00. The van der Waals surface area contributed by atoms with Gasteiger partial charge in [-0.25, -0.2) is 0 Å². The number of rotatable bonds is 6. The predicted molar refractivity (Wildman–Crippen MR) is 72.1 cm³/mol. The molecule has 5 heteroatoms. The van der Waals surface area contributed by atoms with E-state index in [4.69, 9.17) is 4.74 Å². The Morgan fingerprint density at radius 2 is 2.18 bits per heavy atom. The first kappa shape index (κ1) is 14.2. The third-order valence-corrected chi connectivity index (χ3v) is 2.96. The molecule has 0 saturated carbocycles. The molecule has 0 radical (unpaired) electrons. The highest BCUT2D eigenvalue weighted by Gasteiger charge is 2.05. The van der Waals surface area contributed by atoms with Gasteiger partial charge in [0.1, 0.15) is 0 Å². The van der Waals surface area contributed by atoms with Gasteiger partial charge in [-0.1, -0.05) is 12.1 Å². The molecule has 1 aromatic carbocycles. The van der Waals surface area contributed by atoms with E-state index in [1.807, 2.05) is 31.2 Å². The van der Waals surface area contributed by atoms with E-state index in [0.717, 1.165) is 10.2 Å². The quantitative estimate of drug-likeness (QED) is 0.845. The Morgan fingerprint density at radius 1 is 1.47 bits per heavy atom. The maximum absolute atomic E-state index is 11.6. The highest BCUT2D eigenvalue weighted by Crippen LogP contribution is 2.20. The normalized spacial score (nSPS) is 12.2. The van der Waals surface area contributed by atoms with Gasteiger partial charge in [0.2, 0.25) is 5.91 Å². The molecule has 0 aliphatic carbocycles. The van der Waals surface area contributed by atoms with E-state index in [1.165, 1.54) is 0 Å². The van der Waals surface area contributed by atoms with Crippen molar-refractivity contribution >= 4 is 27.5 Å². The number of halogens is 1. The van der Waals surface area contributed by atoms with Gasteiger partial charge in [0, 0.05) is 18.1 Å². The Morgan fingerprint density at radius 3 is 2.82 bits per heavy atom. The molecule has 1 aromatic rings. The van der Waals surface area contributed by atoms with Gasteiger partial charge in [0.15, 0.2) is 0 Å². The van der Waals surface area contributed by atoms with Crippen LogP contribution in [0.2, 0.25) is 0 Å². The Kier molecular flexibility index (Phi) is 6.18. The Balaban J connectivity index is 2.33. The Bertz CT molecular complexity index is 371. The molecule has 0 heterocycles. The Hall–Kier alpha value is -0.910. The van der Waals surface area contributed by atoms with Crippen molar-refractivity contribution in [1.29, 1.82) is 0 Å². The van der Waals surface area contributed by atoms with Crippen LogP contribution in [0.4, 0.5) is 5.69 Å². The summed E-state index contributed by atoms with van der Waals surface area (Å²) >= 11 is 3.37. The molecule has 0 fully saturated rings. The first-order chi connectivity index (χ1) is 8.13. The second kappa shape index (κ2) is 7.42. The van der Waals surface area contributed by atoms with E-state index in [9.17, 15) is 4.79 Å². The number of carbonyl (C=O) groups is 1. The van der Waals surface area contributed by atoms with Gasteiger partial charge in [-0.3, -0.25) is 4.79 Å². The largest absolute Gasteiger partial charge is 0.380 e. The molecule has 4 nitrogen and oxygen atoms in total. The van der Waals surface area contributed by atoms with Gasteiger partial charge >= 0.3 is 0 Å². The number of ether oxygens (including phenoxy) is 1. The monoisotopic (exact) mass is 300 g/mol. The summed E-state index contributed by atoms with van der Waals surface area (Å²) < 4.78 is 5.94. The molecule has 0 spiro atoms.